The van der Waals surface area contributed by atoms with Gasteiger partial charge in [-0.05, 0) is 30.0 Å². The first-order valence-electron chi connectivity index (χ1n) is 8.72. The minimum atomic E-state index is -3.13. The van der Waals surface area contributed by atoms with Crippen molar-refractivity contribution in [1.29, 1.82) is 0 Å². The SMILES string of the molecule is COc1cc(C(=O)N(Cc2cccs2)[C@@H]2CCS(=O)(=O)C2)cc(OC)c1OC. The molecule has 0 N–H and O–H groups in total. The molecule has 1 aliphatic heterocycles. The standard InChI is InChI=1S/C19H23NO6S2/c1-24-16-9-13(10-17(25-2)18(16)26-3)19(21)20(11-15-5-4-7-27-15)14-6-8-28(22,23)12-14/h4-5,7,9-10,14H,6,8,11-12H2,1-3H3/t14-/m1/s1. The topological polar surface area (TPSA) is 82.1 Å². The quantitative estimate of drug-likeness (QED) is 0.678. The molecule has 1 atom stereocenters. The second kappa shape index (κ2) is 8.40. The van der Waals surface area contributed by atoms with Gasteiger partial charge in [0.15, 0.2) is 21.3 Å². The monoisotopic (exact) mass is 425 g/mol. The minimum Gasteiger partial charge on any atom is -0.493 e. The van der Waals surface area contributed by atoms with E-state index in [9.17, 15) is 13.2 Å². The molecule has 28 heavy (non-hydrogen) atoms. The van der Waals surface area contributed by atoms with Crippen molar-refractivity contribution in [3.8, 4) is 17.2 Å². The molecule has 0 saturated carbocycles. The summed E-state index contributed by atoms with van der Waals surface area (Å²) in [5.74, 6) is 0.959. The van der Waals surface area contributed by atoms with E-state index in [1.54, 1.807) is 17.0 Å². The number of methoxy groups -OCH3 is 3. The van der Waals surface area contributed by atoms with Crippen LogP contribution in [0.4, 0.5) is 0 Å². The summed E-state index contributed by atoms with van der Waals surface area (Å²) < 4.78 is 40.0. The van der Waals surface area contributed by atoms with E-state index >= 15 is 0 Å². The molecule has 0 radical (unpaired) electrons. The molecule has 7 nitrogen and oxygen atoms in total. The zero-order chi connectivity index (χ0) is 20.3. The Hall–Kier alpha value is -2.26. The van der Waals surface area contributed by atoms with Crippen molar-refractivity contribution in [2.24, 2.45) is 0 Å². The van der Waals surface area contributed by atoms with Crippen LogP contribution in [0.5, 0.6) is 17.2 Å². The average molecular weight is 426 g/mol. The number of hydrogen-bond acceptors (Lipinski definition) is 7. The Morgan fingerprint density at radius 3 is 2.32 bits per heavy atom. The van der Waals surface area contributed by atoms with Gasteiger partial charge in [-0.1, -0.05) is 6.07 Å². The molecule has 0 unspecified atom stereocenters. The molecular weight excluding hydrogens is 402 g/mol. The number of sulfone groups is 1. The molecule has 1 amide bonds. The van der Waals surface area contributed by atoms with Gasteiger partial charge in [0.05, 0.1) is 39.4 Å². The predicted molar refractivity (Wildman–Crippen MR) is 107 cm³/mol. The molecule has 9 heteroatoms. The van der Waals surface area contributed by atoms with Crippen LogP contribution in [0.15, 0.2) is 29.6 Å². The smallest absolute Gasteiger partial charge is 0.254 e. The first kappa shape index (κ1) is 20.5. The molecule has 2 aromatic rings. The van der Waals surface area contributed by atoms with Gasteiger partial charge in [-0.3, -0.25) is 4.79 Å². The van der Waals surface area contributed by atoms with Crippen LogP contribution in [0.25, 0.3) is 0 Å². The molecule has 1 aliphatic rings. The lowest BCUT2D eigenvalue weighted by molar-refractivity contribution is 0.0682. The number of thiophene rings is 1. The van der Waals surface area contributed by atoms with Crippen molar-refractivity contribution in [2.45, 2.75) is 19.0 Å². The van der Waals surface area contributed by atoms with Crippen molar-refractivity contribution >= 4 is 27.1 Å². The maximum Gasteiger partial charge on any atom is 0.254 e. The van der Waals surface area contributed by atoms with E-state index in [-0.39, 0.29) is 23.5 Å². The number of benzene rings is 1. The maximum atomic E-state index is 13.4. The molecule has 0 bridgehead atoms. The molecule has 0 aliphatic carbocycles. The van der Waals surface area contributed by atoms with E-state index in [2.05, 4.69) is 0 Å². The van der Waals surface area contributed by atoms with Crippen molar-refractivity contribution < 1.29 is 27.4 Å². The second-order valence-electron chi connectivity index (χ2n) is 6.48. The maximum absolute atomic E-state index is 13.4. The Morgan fingerprint density at radius 2 is 1.86 bits per heavy atom. The van der Waals surface area contributed by atoms with Gasteiger partial charge in [0.25, 0.3) is 5.91 Å². The highest BCUT2D eigenvalue weighted by atomic mass is 32.2. The first-order chi connectivity index (χ1) is 13.4. The summed E-state index contributed by atoms with van der Waals surface area (Å²) >= 11 is 1.53. The van der Waals surface area contributed by atoms with E-state index in [1.165, 1.54) is 32.7 Å². The lowest BCUT2D eigenvalue weighted by Crippen LogP contribution is -2.40. The molecular formula is C19H23NO6S2. The lowest BCUT2D eigenvalue weighted by atomic mass is 10.1. The van der Waals surface area contributed by atoms with Crippen LogP contribution in [-0.2, 0) is 16.4 Å². The van der Waals surface area contributed by atoms with Gasteiger partial charge in [0.2, 0.25) is 5.75 Å². The van der Waals surface area contributed by atoms with Crippen LogP contribution < -0.4 is 14.2 Å². The van der Waals surface area contributed by atoms with Crippen LogP contribution in [0, 0.1) is 0 Å². The molecule has 152 valence electrons. The molecule has 2 heterocycles. The Labute approximate surface area is 168 Å². The Bertz CT molecular complexity index is 914. The number of ether oxygens (including phenoxy) is 3. The minimum absolute atomic E-state index is 0.0193. The van der Waals surface area contributed by atoms with Gasteiger partial charge >= 0.3 is 0 Å². The number of carbonyl (C=O) groups is 1. The molecule has 1 aromatic carbocycles. The van der Waals surface area contributed by atoms with Crippen molar-refractivity contribution in [2.75, 3.05) is 32.8 Å². The van der Waals surface area contributed by atoms with Crippen LogP contribution in [0.2, 0.25) is 0 Å². The lowest BCUT2D eigenvalue weighted by Gasteiger charge is -2.28. The molecule has 1 saturated heterocycles. The predicted octanol–water partition coefficient (Wildman–Crippen LogP) is 2.60. The van der Waals surface area contributed by atoms with Gasteiger partial charge < -0.3 is 19.1 Å². The number of carbonyl (C=O) groups excluding carboxylic acids is 1. The number of amides is 1. The Kier molecular flexibility index (Phi) is 6.14. The summed E-state index contributed by atoms with van der Waals surface area (Å²) in [6.45, 7) is 0.355. The van der Waals surface area contributed by atoms with Gasteiger partial charge in [-0.2, -0.15) is 0 Å². The third kappa shape index (κ3) is 4.25. The van der Waals surface area contributed by atoms with Crippen LogP contribution in [0.3, 0.4) is 0 Å². The fourth-order valence-corrected chi connectivity index (χ4v) is 5.76. The molecule has 3 rings (SSSR count). The third-order valence-electron chi connectivity index (χ3n) is 4.73. The van der Waals surface area contributed by atoms with Crippen molar-refractivity contribution in [1.82, 2.24) is 4.90 Å². The summed E-state index contributed by atoms with van der Waals surface area (Å²) in [6, 6.07) is 6.67. The summed E-state index contributed by atoms with van der Waals surface area (Å²) in [5.41, 5.74) is 0.357. The average Bonchev–Trinajstić information content (AvgIpc) is 3.33. The van der Waals surface area contributed by atoms with Crippen LogP contribution >= 0.6 is 11.3 Å². The third-order valence-corrected chi connectivity index (χ3v) is 7.34. The zero-order valence-electron chi connectivity index (χ0n) is 16.0. The molecule has 1 aromatic heterocycles. The van der Waals surface area contributed by atoms with E-state index in [0.717, 1.165) is 4.88 Å². The highest BCUT2D eigenvalue weighted by molar-refractivity contribution is 7.91. The highest BCUT2D eigenvalue weighted by Crippen LogP contribution is 2.39. The number of nitrogens with zero attached hydrogens (tertiary/aromatic N) is 1. The van der Waals surface area contributed by atoms with Gasteiger partial charge in [-0.15, -0.1) is 11.3 Å². The van der Waals surface area contributed by atoms with E-state index in [4.69, 9.17) is 14.2 Å². The van der Waals surface area contributed by atoms with Crippen molar-refractivity contribution in [3.05, 3.63) is 40.1 Å². The van der Waals surface area contributed by atoms with E-state index in [0.29, 0.717) is 35.8 Å². The summed E-state index contributed by atoms with van der Waals surface area (Å²) in [4.78, 5) is 16.0. The Morgan fingerprint density at radius 1 is 1.18 bits per heavy atom. The fraction of sp³-hybridized carbons (Fsp3) is 0.421. The summed E-state index contributed by atoms with van der Waals surface area (Å²) in [7, 11) is 1.33. The molecule has 0 spiro atoms. The van der Waals surface area contributed by atoms with Crippen LogP contribution in [0.1, 0.15) is 21.7 Å². The summed E-state index contributed by atoms with van der Waals surface area (Å²) in [5, 5.41) is 1.93. The van der Waals surface area contributed by atoms with Crippen LogP contribution in [-0.4, -0.2) is 58.1 Å². The summed E-state index contributed by atoms with van der Waals surface area (Å²) in [6.07, 6.45) is 0.434. The fourth-order valence-electron chi connectivity index (χ4n) is 3.33. The Balaban J connectivity index is 1.99. The van der Waals surface area contributed by atoms with Gasteiger partial charge in [0, 0.05) is 16.5 Å². The normalized spacial score (nSPS) is 17.9. The zero-order valence-corrected chi connectivity index (χ0v) is 17.6. The highest BCUT2D eigenvalue weighted by Gasteiger charge is 2.35. The van der Waals surface area contributed by atoms with E-state index in [1.807, 2.05) is 17.5 Å². The van der Waals surface area contributed by atoms with Gasteiger partial charge in [0.1, 0.15) is 0 Å². The van der Waals surface area contributed by atoms with E-state index < -0.39 is 9.84 Å². The second-order valence-corrected chi connectivity index (χ2v) is 9.74. The largest absolute Gasteiger partial charge is 0.493 e. The van der Waals surface area contributed by atoms with Crippen molar-refractivity contribution in [3.63, 3.8) is 0 Å². The molecule has 1 fully saturated rings. The van der Waals surface area contributed by atoms with Gasteiger partial charge in [-0.25, -0.2) is 8.42 Å². The first-order valence-corrected chi connectivity index (χ1v) is 11.4. The number of hydrogen-bond donors (Lipinski definition) is 0. The number of rotatable bonds is 7.